The van der Waals surface area contributed by atoms with E-state index in [9.17, 15) is 12.8 Å². The Morgan fingerprint density at radius 3 is 2.63 bits per heavy atom. The minimum Gasteiger partial charge on any atom is -0.317 e. The predicted octanol–water partition coefficient (Wildman–Crippen LogP) is 1.73. The van der Waals surface area contributed by atoms with Gasteiger partial charge in [0.1, 0.15) is 5.82 Å². The number of benzene rings is 1. The molecule has 1 N–H and O–H groups in total. The van der Waals surface area contributed by atoms with Crippen LogP contribution in [0, 0.1) is 5.82 Å². The smallest absolute Gasteiger partial charge is 0.238 e. The first-order chi connectivity index (χ1) is 9.05. The van der Waals surface area contributed by atoms with E-state index in [1.165, 1.54) is 22.5 Å². The van der Waals surface area contributed by atoms with Gasteiger partial charge < -0.3 is 5.32 Å². The molecule has 0 amide bonds. The molecule has 0 unspecified atom stereocenters. The summed E-state index contributed by atoms with van der Waals surface area (Å²) in [4.78, 5) is 0. The highest BCUT2D eigenvalue weighted by Crippen LogP contribution is 2.24. The summed E-state index contributed by atoms with van der Waals surface area (Å²) in [7, 11) is -3.42. The van der Waals surface area contributed by atoms with Crippen LogP contribution in [0.3, 0.4) is 0 Å². The Morgan fingerprint density at radius 1 is 1.37 bits per heavy atom. The van der Waals surface area contributed by atoms with E-state index in [1.807, 2.05) is 0 Å². The molecule has 1 aliphatic rings. The molecular formula is C13H19FN2O2S. The first-order valence-electron chi connectivity index (χ1n) is 6.53. The van der Waals surface area contributed by atoms with Crippen LogP contribution in [-0.2, 0) is 10.0 Å². The Balaban J connectivity index is 2.30. The van der Waals surface area contributed by atoms with Crippen molar-refractivity contribution in [1.29, 1.82) is 0 Å². The van der Waals surface area contributed by atoms with E-state index in [1.54, 1.807) is 13.0 Å². The van der Waals surface area contributed by atoms with Gasteiger partial charge in [0.2, 0.25) is 10.0 Å². The zero-order valence-electron chi connectivity index (χ0n) is 11.0. The number of rotatable bonds is 4. The third kappa shape index (κ3) is 3.06. The fraction of sp³-hybridized carbons (Fsp3) is 0.538. The number of nitrogens with one attached hydrogen (secondary N) is 1. The Morgan fingerprint density at radius 2 is 2.05 bits per heavy atom. The normalized spacial score (nSPS) is 17.4. The van der Waals surface area contributed by atoms with Gasteiger partial charge in [0, 0.05) is 6.54 Å². The van der Waals surface area contributed by atoms with Crippen LogP contribution >= 0.6 is 0 Å². The van der Waals surface area contributed by atoms with E-state index in [0.29, 0.717) is 38.2 Å². The van der Waals surface area contributed by atoms with Crippen molar-refractivity contribution in [1.82, 2.24) is 5.32 Å². The molecule has 0 spiro atoms. The molecule has 19 heavy (non-hydrogen) atoms. The lowest BCUT2D eigenvalue weighted by Gasteiger charge is -2.30. The van der Waals surface area contributed by atoms with E-state index < -0.39 is 15.8 Å². The Bertz CT molecular complexity index is 527. The topological polar surface area (TPSA) is 49.4 Å². The fourth-order valence-electron chi connectivity index (χ4n) is 2.41. The first kappa shape index (κ1) is 14.3. The van der Waals surface area contributed by atoms with Gasteiger partial charge in [-0.15, -0.1) is 0 Å². The Kier molecular flexibility index (Phi) is 4.42. The van der Waals surface area contributed by atoms with Crippen LogP contribution in [0.1, 0.15) is 19.8 Å². The maximum atomic E-state index is 13.3. The number of hydrogen-bond donors (Lipinski definition) is 1. The summed E-state index contributed by atoms with van der Waals surface area (Å²) in [5.74, 6) is -0.420. The molecular weight excluding hydrogens is 267 g/mol. The highest BCUT2D eigenvalue weighted by atomic mass is 32.2. The number of hydrogen-bond acceptors (Lipinski definition) is 3. The molecule has 0 saturated carbocycles. The zero-order valence-corrected chi connectivity index (χ0v) is 11.8. The molecule has 1 aromatic rings. The molecule has 1 heterocycles. The third-order valence-electron chi connectivity index (χ3n) is 3.40. The average molecular weight is 286 g/mol. The summed E-state index contributed by atoms with van der Waals surface area (Å²) < 4.78 is 39.8. The standard InChI is InChI=1S/C13H19FN2O2S/c1-2-16(12-5-3-4-11(14)10-12)19(17,18)13-6-8-15-9-7-13/h3-5,10,13,15H,2,6-9H2,1H3. The van der Waals surface area contributed by atoms with E-state index in [0.717, 1.165) is 0 Å². The molecule has 0 radical (unpaired) electrons. The van der Waals surface area contributed by atoms with Gasteiger partial charge in [-0.2, -0.15) is 0 Å². The second-order valence-electron chi connectivity index (χ2n) is 4.64. The Hall–Kier alpha value is -1.14. The van der Waals surface area contributed by atoms with Crippen molar-refractivity contribution in [2.45, 2.75) is 25.0 Å². The van der Waals surface area contributed by atoms with Crippen molar-refractivity contribution in [3.63, 3.8) is 0 Å². The highest BCUT2D eigenvalue weighted by Gasteiger charge is 2.32. The number of halogens is 1. The van der Waals surface area contributed by atoms with Crippen LogP contribution < -0.4 is 9.62 Å². The largest absolute Gasteiger partial charge is 0.317 e. The lowest BCUT2D eigenvalue weighted by atomic mass is 10.2. The second-order valence-corrected chi connectivity index (χ2v) is 6.78. The maximum Gasteiger partial charge on any atom is 0.238 e. The highest BCUT2D eigenvalue weighted by molar-refractivity contribution is 7.93. The number of anilines is 1. The quantitative estimate of drug-likeness (QED) is 0.917. The number of nitrogens with zero attached hydrogens (tertiary/aromatic N) is 1. The summed E-state index contributed by atoms with van der Waals surface area (Å²) in [5.41, 5.74) is 0.404. The molecule has 4 nitrogen and oxygen atoms in total. The van der Waals surface area contributed by atoms with Gasteiger partial charge in [-0.1, -0.05) is 6.07 Å². The van der Waals surface area contributed by atoms with Gasteiger partial charge in [-0.3, -0.25) is 4.31 Å². The zero-order chi connectivity index (χ0) is 13.9. The lowest BCUT2D eigenvalue weighted by molar-refractivity contribution is 0.494. The monoisotopic (exact) mass is 286 g/mol. The Labute approximate surface area is 113 Å². The van der Waals surface area contributed by atoms with Crippen LogP contribution in [0.15, 0.2) is 24.3 Å². The minimum absolute atomic E-state index is 0.315. The molecule has 1 aromatic carbocycles. The molecule has 0 bridgehead atoms. The molecule has 0 atom stereocenters. The van der Waals surface area contributed by atoms with Gasteiger partial charge in [0.25, 0.3) is 0 Å². The van der Waals surface area contributed by atoms with Crippen molar-refractivity contribution in [3.05, 3.63) is 30.1 Å². The van der Waals surface area contributed by atoms with E-state index in [-0.39, 0.29) is 5.25 Å². The van der Waals surface area contributed by atoms with Crippen molar-refractivity contribution in [2.24, 2.45) is 0 Å². The predicted molar refractivity (Wildman–Crippen MR) is 74.2 cm³/mol. The first-order valence-corrected chi connectivity index (χ1v) is 8.04. The van der Waals surface area contributed by atoms with Crippen molar-refractivity contribution in [2.75, 3.05) is 23.9 Å². The fourth-order valence-corrected chi connectivity index (χ4v) is 4.37. The lowest BCUT2D eigenvalue weighted by Crippen LogP contribution is -2.44. The molecule has 0 aromatic heterocycles. The maximum absolute atomic E-state index is 13.3. The van der Waals surface area contributed by atoms with Crippen molar-refractivity contribution in [3.8, 4) is 0 Å². The van der Waals surface area contributed by atoms with Crippen molar-refractivity contribution >= 4 is 15.7 Å². The minimum atomic E-state index is -3.42. The van der Waals surface area contributed by atoms with Gasteiger partial charge in [0.15, 0.2) is 0 Å². The van der Waals surface area contributed by atoms with E-state index in [4.69, 9.17) is 0 Å². The van der Waals surface area contributed by atoms with Crippen LogP contribution in [0.4, 0.5) is 10.1 Å². The van der Waals surface area contributed by atoms with Crippen LogP contribution in [0.5, 0.6) is 0 Å². The molecule has 106 valence electrons. The molecule has 2 rings (SSSR count). The van der Waals surface area contributed by atoms with Gasteiger partial charge in [-0.25, -0.2) is 12.8 Å². The van der Waals surface area contributed by atoms with Crippen LogP contribution in [0.2, 0.25) is 0 Å². The summed E-state index contributed by atoms with van der Waals surface area (Å²) in [6, 6.07) is 5.74. The summed E-state index contributed by atoms with van der Waals surface area (Å²) in [5, 5.41) is 2.77. The number of sulfonamides is 1. The number of piperidine rings is 1. The second kappa shape index (κ2) is 5.88. The molecule has 1 aliphatic heterocycles. The SMILES string of the molecule is CCN(c1cccc(F)c1)S(=O)(=O)C1CCNCC1. The van der Waals surface area contributed by atoms with Gasteiger partial charge in [-0.05, 0) is 51.1 Å². The molecule has 1 saturated heterocycles. The summed E-state index contributed by atoms with van der Waals surface area (Å²) in [6.07, 6.45) is 1.21. The summed E-state index contributed by atoms with van der Waals surface area (Å²) >= 11 is 0. The summed E-state index contributed by atoms with van der Waals surface area (Å²) in [6.45, 7) is 3.51. The third-order valence-corrected chi connectivity index (χ3v) is 5.80. The van der Waals surface area contributed by atoms with E-state index in [2.05, 4.69) is 5.32 Å². The van der Waals surface area contributed by atoms with Gasteiger partial charge >= 0.3 is 0 Å². The van der Waals surface area contributed by atoms with E-state index >= 15 is 0 Å². The molecule has 1 fully saturated rings. The average Bonchev–Trinajstić information content (AvgIpc) is 2.40. The molecule has 0 aliphatic carbocycles. The van der Waals surface area contributed by atoms with Crippen LogP contribution in [-0.4, -0.2) is 33.3 Å². The van der Waals surface area contributed by atoms with Crippen LogP contribution in [0.25, 0.3) is 0 Å². The van der Waals surface area contributed by atoms with Gasteiger partial charge in [0.05, 0.1) is 10.9 Å². The molecule has 6 heteroatoms. The van der Waals surface area contributed by atoms with Crippen molar-refractivity contribution < 1.29 is 12.8 Å².